The molecular weight excluding hydrogens is 841 g/mol. The maximum Gasteiger partial charge on any atom is 0.0995 e. The summed E-state index contributed by atoms with van der Waals surface area (Å²) in [5, 5.41) is 55.9. The van der Waals surface area contributed by atoms with Gasteiger partial charge in [0.25, 0.3) is 0 Å². The van der Waals surface area contributed by atoms with E-state index in [9.17, 15) is 21.0 Å². The van der Waals surface area contributed by atoms with Crippen LogP contribution >= 0.6 is 0 Å². The van der Waals surface area contributed by atoms with Gasteiger partial charge in [0.15, 0.2) is 0 Å². The van der Waals surface area contributed by atoms with Crippen LogP contribution in [0.25, 0.3) is 76.2 Å². The molecule has 6 nitrogen and oxygen atoms in total. The third-order valence-electron chi connectivity index (χ3n) is 22.7. The summed E-state index contributed by atoms with van der Waals surface area (Å²) >= 11 is 0. The molecule has 9 aliphatic rings. The first-order valence-electron chi connectivity index (χ1n) is 26.8. The summed E-state index contributed by atoms with van der Waals surface area (Å²) in [5.41, 5.74) is 21.2. The van der Waals surface area contributed by atoms with Crippen molar-refractivity contribution in [2.75, 3.05) is 0 Å². The minimum Gasteiger partial charge on any atom is -0.308 e. The van der Waals surface area contributed by atoms with Crippen molar-refractivity contribution in [3.05, 3.63) is 91.0 Å². The fourth-order valence-electron chi connectivity index (χ4n) is 20.8. The summed E-state index contributed by atoms with van der Waals surface area (Å²) in [6, 6.07) is 20.4. The number of benzene rings is 5. The molecule has 0 radical (unpaired) electrons. The molecule has 5 fully saturated rings. The van der Waals surface area contributed by atoms with E-state index in [0.717, 1.165) is 94.7 Å². The SMILES string of the molecule is CC1(C)CCCc2c1c(C#N)cc1c2c2c3c4c5c(c(C#N)cc4n4c6cc(C#N)c7c(c6c(c6c8c9c(c(C#N)cc8n1c26)C(C)(C)CCC9)c34)C1CC2CC3CC7CC321)C1CC2CC(C1)C5C2. The van der Waals surface area contributed by atoms with Crippen LogP contribution < -0.4 is 0 Å². The van der Waals surface area contributed by atoms with E-state index in [1.165, 1.54) is 150 Å². The van der Waals surface area contributed by atoms with Gasteiger partial charge in [-0.15, -0.1) is 0 Å². The maximum absolute atomic E-state index is 11.4. The Bertz CT molecular complexity index is 4270. The molecule has 6 heteroatoms. The zero-order valence-corrected chi connectivity index (χ0v) is 40.0. The molecule has 0 aliphatic heterocycles. The first-order chi connectivity index (χ1) is 33.5. The van der Waals surface area contributed by atoms with Crippen molar-refractivity contribution in [1.29, 1.82) is 21.0 Å². The van der Waals surface area contributed by atoms with Crippen LogP contribution in [0.1, 0.15) is 195 Å². The predicted octanol–water partition coefficient (Wildman–Crippen LogP) is 14.7. The van der Waals surface area contributed by atoms with Crippen LogP contribution in [-0.4, -0.2) is 8.80 Å². The van der Waals surface area contributed by atoms with Crippen molar-refractivity contribution in [1.82, 2.24) is 8.80 Å². The van der Waals surface area contributed by atoms with Gasteiger partial charge in [0.2, 0.25) is 0 Å². The zero-order chi connectivity index (χ0) is 45.8. The summed E-state index contributed by atoms with van der Waals surface area (Å²) in [4.78, 5) is 0. The molecule has 1 spiro atoms. The number of nitrogens with zero attached hydrogens (tertiary/aromatic N) is 6. The van der Waals surface area contributed by atoms with Crippen molar-refractivity contribution in [2.24, 2.45) is 29.1 Å². The summed E-state index contributed by atoms with van der Waals surface area (Å²) in [6.07, 6.45) is 16.0. The average Bonchev–Trinajstić information content (AvgIpc) is 4.16. The van der Waals surface area contributed by atoms with Crippen LogP contribution in [0, 0.1) is 74.4 Å². The van der Waals surface area contributed by atoms with Gasteiger partial charge in [-0.25, -0.2) is 0 Å². The molecule has 9 unspecified atom stereocenters. The van der Waals surface area contributed by atoms with Crippen molar-refractivity contribution >= 4 is 76.2 Å². The first-order valence-corrected chi connectivity index (χ1v) is 26.8. The lowest BCUT2D eigenvalue weighted by Crippen LogP contribution is -2.59. The predicted molar refractivity (Wildman–Crippen MR) is 271 cm³/mol. The van der Waals surface area contributed by atoms with Crippen LogP contribution in [0.15, 0.2) is 24.3 Å². The standard InChI is InChI=1S/C63H52N6/c1-61(2)9-5-7-37-47-41(18-33(25-66)57(37)61)68-42-19-34(26-67)58-38(8-6-10-62(58,3)4)48(42)54-56-52-44(17-32(24-65)46-30-15-35-20-36-21-40(50(46)52)63(35,36)22-30)69-43-16-31(23-64)45-29-12-27-11-28(14-29)39(13-27)49(45)51(43)55(60(56)69)53(47)59(54)68/h16-19,27-30,35-36,39-40H,5-15,20-22H2,1-4H3. The summed E-state index contributed by atoms with van der Waals surface area (Å²) in [6.45, 7) is 9.42. The number of aromatic nitrogens is 2. The highest BCUT2D eigenvalue weighted by Crippen LogP contribution is 2.83. The lowest BCUT2D eigenvalue weighted by molar-refractivity contribution is -0.146. The number of hydrogen-bond donors (Lipinski definition) is 0. The molecule has 0 N–H and O–H groups in total. The summed E-state index contributed by atoms with van der Waals surface area (Å²) < 4.78 is 5.20. The second-order valence-corrected chi connectivity index (χ2v) is 26.0. The number of fused-ring (bicyclic) bond motifs is 29. The molecule has 9 atom stereocenters. The van der Waals surface area contributed by atoms with E-state index in [-0.39, 0.29) is 10.8 Å². The number of hydrogen-bond acceptors (Lipinski definition) is 4. The van der Waals surface area contributed by atoms with E-state index in [4.69, 9.17) is 0 Å². The Morgan fingerprint density at radius 3 is 1.57 bits per heavy atom. The molecule has 18 rings (SSSR count). The van der Waals surface area contributed by atoms with Crippen molar-refractivity contribution < 1.29 is 0 Å². The van der Waals surface area contributed by atoms with Gasteiger partial charge >= 0.3 is 0 Å². The highest BCUT2D eigenvalue weighted by atomic mass is 15.0. The lowest BCUT2D eigenvalue weighted by Gasteiger charge is -2.68. The highest BCUT2D eigenvalue weighted by Gasteiger charge is 2.72. The second-order valence-electron chi connectivity index (χ2n) is 26.0. The van der Waals surface area contributed by atoms with E-state index in [0.29, 0.717) is 40.9 Å². The highest BCUT2D eigenvalue weighted by molar-refractivity contribution is 6.46. The third-order valence-corrected chi connectivity index (χ3v) is 22.7. The maximum atomic E-state index is 11.4. The normalized spacial score (nSPS) is 31.2. The smallest absolute Gasteiger partial charge is 0.0995 e. The molecule has 9 aromatic rings. The lowest BCUT2D eigenvalue weighted by atomic mass is 9.36. The minimum atomic E-state index is -0.160. The third kappa shape index (κ3) is 3.73. The summed E-state index contributed by atoms with van der Waals surface area (Å²) in [5.74, 6) is 4.60. The van der Waals surface area contributed by atoms with E-state index in [1.807, 2.05) is 0 Å². The van der Waals surface area contributed by atoms with Crippen LogP contribution in [0.5, 0.6) is 0 Å². The number of rotatable bonds is 0. The summed E-state index contributed by atoms with van der Waals surface area (Å²) in [7, 11) is 0. The largest absolute Gasteiger partial charge is 0.308 e. The van der Waals surface area contributed by atoms with Crippen molar-refractivity contribution in [3.63, 3.8) is 0 Å². The van der Waals surface area contributed by atoms with E-state index in [1.54, 1.807) is 0 Å². The fraction of sp³-hybridized carbons (Fsp3) is 0.460. The van der Waals surface area contributed by atoms with E-state index >= 15 is 0 Å². The molecule has 5 bridgehead atoms. The van der Waals surface area contributed by atoms with Gasteiger partial charge in [0.1, 0.15) is 0 Å². The van der Waals surface area contributed by atoms with Crippen molar-refractivity contribution in [3.8, 4) is 24.3 Å². The van der Waals surface area contributed by atoms with Gasteiger partial charge in [0.05, 0.1) is 79.6 Å². The Morgan fingerprint density at radius 1 is 0.493 bits per heavy atom. The van der Waals surface area contributed by atoms with E-state index < -0.39 is 0 Å². The zero-order valence-electron chi connectivity index (χ0n) is 40.0. The fourth-order valence-corrected chi connectivity index (χ4v) is 20.8. The van der Waals surface area contributed by atoms with Gasteiger partial charge in [-0.3, -0.25) is 0 Å². The topological polar surface area (TPSA) is 104 Å². The number of aryl methyl sites for hydroxylation is 2. The molecular formula is C63H52N6. The Balaban J connectivity index is 1.19. The Morgan fingerprint density at radius 2 is 1.00 bits per heavy atom. The minimum absolute atomic E-state index is 0.160. The molecule has 9 aliphatic carbocycles. The molecule has 4 aromatic heterocycles. The quantitative estimate of drug-likeness (QED) is 0.151. The van der Waals surface area contributed by atoms with Crippen LogP contribution in [-0.2, 0) is 23.7 Å². The second kappa shape index (κ2) is 11.3. The molecule has 69 heavy (non-hydrogen) atoms. The molecule has 4 heterocycles. The monoisotopic (exact) mass is 892 g/mol. The number of nitriles is 4. The Kier molecular flexibility index (Phi) is 6.15. The van der Waals surface area contributed by atoms with Gasteiger partial charge in [-0.2, -0.15) is 21.0 Å². The molecule has 5 aromatic carbocycles. The van der Waals surface area contributed by atoms with Gasteiger partial charge in [-0.05, 0) is 222 Å². The average molecular weight is 893 g/mol. The van der Waals surface area contributed by atoms with Gasteiger partial charge in [-0.1, -0.05) is 27.7 Å². The Hall–Kier alpha value is -6.34. The van der Waals surface area contributed by atoms with Gasteiger partial charge in [0, 0.05) is 43.1 Å². The van der Waals surface area contributed by atoms with E-state index in [2.05, 4.69) is 85.0 Å². The molecule has 0 amide bonds. The first kappa shape index (κ1) is 37.5. The van der Waals surface area contributed by atoms with Crippen LogP contribution in [0.3, 0.4) is 0 Å². The van der Waals surface area contributed by atoms with Gasteiger partial charge < -0.3 is 8.80 Å². The van der Waals surface area contributed by atoms with Crippen LogP contribution in [0.4, 0.5) is 0 Å². The van der Waals surface area contributed by atoms with Crippen molar-refractivity contribution in [2.45, 2.75) is 152 Å². The molecule has 5 saturated carbocycles. The molecule has 0 saturated heterocycles. The van der Waals surface area contributed by atoms with Crippen LogP contribution in [0.2, 0.25) is 0 Å². The molecule has 334 valence electrons. The Labute approximate surface area is 400 Å².